The fraction of sp³-hybridized carbons (Fsp3) is 0.538. The zero-order chi connectivity index (χ0) is 13.4. The van der Waals surface area contributed by atoms with Gasteiger partial charge in [0.2, 0.25) is 0 Å². The molecule has 6 heteroatoms. The molecule has 0 spiro atoms. The molecule has 2 aromatic rings. The van der Waals surface area contributed by atoms with Gasteiger partial charge in [-0.05, 0) is 18.9 Å². The van der Waals surface area contributed by atoms with Gasteiger partial charge in [-0.1, -0.05) is 6.92 Å². The highest BCUT2D eigenvalue weighted by Gasteiger charge is 2.24. The summed E-state index contributed by atoms with van der Waals surface area (Å²) in [4.78, 5) is 18.4. The number of β-amino-alcohol motifs (C(OH)–C–C–N with tert-alkyl or cyclic N) is 1. The number of hydrogen-bond donors (Lipinski definition) is 2. The summed E-state index contributed by atoms with van der Waals surface area (Å²) < 4.78 is 1.41. The van der Waals surface area contributed by atoms with Crippen molar-refractivity contribution in [3.8, 4) is 0 Å². The lowest BCUT2D eigenvalue weighted by atomic mass is 9.96. The average Bonchev–Trinajstić information content (AvgIpc) is 2.82. The Morgan fingerprint density at radius 2 is 2.42 bits per heavy atom. The molecule has 2 aromatic heterocycles. The van der Waals surface area contributed by atoms with Crippen LogP contribution in [0.5, 0.6) is 0 Å². The molecule has 1 fully saturated rings. The average molecular weight is 262 g/mol. The molecule has 3 rings (SSSR count). The third-order valence-corrected chi connectivity index (χ3v) is 3.82. The van der Waals surface area contributed by atoms with Crippen molar-refractivity contribution in [1.29, 1.82) is 0 Å². The molecule has 2 atom stereocenters. The number of aliphatic hydroxyl groups excluding tert-OH is 1. The first kappa shape index (κ1) is 12.4. The van der Waals surface area contributed by atoms with Gasteiger partial charge in [0.15, 0.2) is 5.65 Å². The molecule has 1 aliphatic heterocycles. The van der Waals surface area contributed by atoms with E-state index < -0.39 is 0 Å². The van der Waals surface area contributed by atoms with E-state index in [0.29, 0.717) is 24.7 Å². The van der Waals surface area contributed by atoms with Gasteiger partial charge in [-0.25, -0.2) is 9.50 Å². The molecule has 0 saturated carbocycles. The Kier molecular flexibility index (Phi) is 3.12. The van der Waals surface area contributed by atoms with Crippen LogP contribution in [0.25, 0.3) is 5.65 Å². The van der Waals surface area contributed by atoms with Crippen molar-refractivity contribution in [2.45, 2.75) is 26.0 Å². The van der Waals surface area contributed by atoms with Crippen LogP contribution in [-0.4, -0.2) is 43.8 Å². The minimum absolute atomic E-state index is 0.101. The van der Waals surface area contributed by atoms with Crippen LogP contribution in [0.2, 0.25) is 0 Å². The fourth-order valence-electron chi connectivity index (χ4n) is 2.55. The minimum atomic E-state index is -0.286. The van der Waals surface area contributed by atoms with Crippen molar-refractivity contribution in [3.63, 3.8) is 0 Å². The van der Waals surface area contributed by atoms with E-state index in [0.717, 1.165) is 18.7 Å². The van der Waals surface area contributed by atoms with Gasteiger partial charge in [0.1, 0.15) is 0 Å². The fourth-order valence-corrected chi connectivity index (χ4v) is 2.55. The van der Waals surface area contributed by atoms with Gasteiger partial charge < -0.3 is 5.11 Å². The molecule has 0 amide bonds. The third-order valence-electron chi connectivity index (χ3n) is 3.82. The van der Waals surface area contributed by atoms with Crippen molar-refractivity contribution in [1.82, 2.24) is 19.5 Å². The Bertz CT molecular complexity index is 633. The van der Waals surface area contributed by atoms with Crippen LogP contribution in [0.4, 0.5) is 0 Å². The summed E-state index contributed by atoms with van der Waals surface area (Å²) in [6.45, 7) is 4.26. The second-order valence-electron chi connectivity index (χ2n) is 5.31. The number of piperidine rings is 1. The molecule has 0 radical (unpaired) electrons. The molecular formula is C13H18N4O2. The van der Waals surface area contributed by atoms with Gasteiger partial charge in [-0.3, -0.25) is 14.8 Å². The molecule has 2 unspecified atom stereocenters. The Labute approximate surface area is 110 Å². The van der Waals surface area contributed by atoms with Crippen LogP contribution in [0.15, 0.2) is 23.1 Å². The van der Waals surface area contributed by atoms with E-state index in [4.69, 9.17) is 0 Å². The molecule has 1 saturated heterocycles. The SMILES string of the molecule is CC1CCN(Cc2cc(=O)n3[nH]ccc3n2)CC1O. The van der Waals surface area contributed by atoms with Crippen molar-refractivity contribution < 1.29 is 5.11 Å². The summed E-state index contributed by atoms with van der Waals surface area (Å²) >= 11 is 0. The monoisotopic (exact) mass is 262 g/mol. The Balaban J connectivity index is 1.80. The second kappa shape index (κ2) is 4.79. The van der Waals surface area contributed by atoms with Crippen molar-refractivity contribution in [2.75, 3.05) is 13.1 Å². The minimum Gasteiger partial charge on any atom is -0.392 e. The van der Waals surface area contributed by atoms with Crippen molar-refractivity contribution >= 4 is 5.65 Å². The highest BCUT2D eigenvalue weighted by Crippen LogP contribution is 2.18. The number of aromatic nitrogens is 3. The summed E-state index contributed by atoms with van der Waals surface area (Å²) in [6.07, 6.45) is 2.39. The summed E-state index contributed by atoms with van der Waals surface area (Å²) in [5, 5.41) is 12.7. The van der Waals surface area contributed by atoms with E-state index in [1.54, 1.807) is 18.3 Å². The maximum atomic E-state index is 11.8. The second-order valence-corrected chi connectivity index (χ2v) is 5.31. The zero-order valence-electron chi connectivity index (χ0n) is 10.9. The summed E-state index contributed by atoms with van der Waals surface area (Å²) in [6, 6.07) is 3.33. The number of aromatic amines is 1. The lowest BCUT2D eigenvalue weighted by Crippen LogP contribution is -2.42. The molecule has 0 aromatic carbocycles. The Morgan fingerprint density at radius 3 is 3.21 bits per heavy atom. The van der Waals surface area contributed by atoms with Crippen LogP contribution < -0.4 is 5.56 Å². The number of nitrogens with zero attached hydrogens (tertiary/aromatic N) is 3. The number of nitrogens with one attached hydrogen (secondary N) is 1. The quantitative estimate of drug-likeness (QED) is 0.812. The summed E-state index contributed by atoms with van der Waals surface area (Å²) in [7, 11) is 0. The number of hydrogen-bond acceptors (Lipinski definition) is 4. The lowest BCUT2D eigenvalue weighted by molar-refractivity contribution is 0.0254. The normalized spacial score (nSPS) is 24.9. The molecule has 3 heterocycles. The van der Waals surface area contributed by atoms with Gasteiger partial charge in [-0.2, -0.15) is 0 Å². The van der Waals surface area contributed by atoms with Gasteiger partial charge in [0, 0.05) is 31.4 Å². The molecule has 19 heavy (non-hydrogen) atoms. The van der Waals surface area contributed by atoms with Gasteiger partial charge in [0.05, 0.1) is 11.8 Å². The van der Waals surface area contributed by atoms with Crippen LogP contribution in [0, 0.1) is 5.92 Å². The standard InChI is InChI=1S/C13H18N4O2/c1-9-3-5-16(8-11(9)18)7-10-6-13(19)17-12(15-10)2-4-14-17/h2,4,6,9,11,14,18H,3,5,7-8H2,1H3. The van der Waals surface area contributed by atoms with Gasteiger partial charge >= 0.3 is 0 Å². The largest absolute Gasteiger partial charge is 0.392 e. The topological polar surface area (TPSA) is 73.6 Å². The van der Waals surface area contributed by atoms with E-state index in [9.17, 15) is 9.90 Å². The molecule has 102 valence electrons. The van der Waals surface area contributed by atoms with E-state index in [-0.39, 0.29) is 11.7 Å². The highest BCUT2D eigenvalue weighted by atomic mass is 16.3. The third kappa shape index (κ3) is 2.41. The molecule has 2 N–H and O–H groups in total. The van der Waals surface area contributed by atoms with E-state index >= 15 is 0 Å². The first-order chi connectivity index (χ1) is 9.13. The van der Waals surface area contributed by atoms with Crippen LogP contribution in [0.1, 0.15) is 19.0 Å². The molecule has 6 nitrogen and oxygen atoms in total. The smallest absolute Gasteiger partial charge is 0.272 e. The lowest BCUT2D eigenvalue weighted by Gasteiger charge is -2.33. The van der Waals surface area contributed by atoms with E-state index in [1.807, 2.05) is 0 Å². The Hall–Kier alpha value is -1.66. The number of fused-ring (bicyclic) bond motifs is 1. The number of likely N-dealkylation sites (tertiary alicyclic amines) is 1. The number of H-pyrrole nitrogens is 1. The van der Waals surface area contributed by atoms with Crippen molar-refractivity contribution in [3.05, 3.63) is 34.4 Å². The maximum Gasteiger partial charge on any atom is 0.272 e. The summed E-state index contributed by atoms with van der Waals surface area (Å²) in [5.74, 6) is 0.349. The highest BCUT2D eigenvalue weighted by molar-refractivity contribution is 5.36. The van der Waals surface area contributed by atoms with E-state index in [1.165, 1.54) is 4.52 Å². The zero-order valence-corrected chi connectivity index (χ0v) is 10.9. The van der Waals surface area contributed by atoms with Crippen molar-refractivity contribution in [2.24, 2.45) is 5.92 Å². The van der Waals surface area contributed by atoms with Gasteiger partial charge in [0.25, 0.3) is 5.56 Å². The Morgan fingerprint density at radius 1 is 1.58 bits per heavy atom. The number of aliphatic hydroxyl groups is 1. The molecular weight excluding hydrogens is 244 g/mol. The van der Waals surface area contributed by atoms with Gasteiger partial charge in [-0.15, -0.1) is 0 Å². The summed E-state index contributed by atoms with van der Waals surface area (Å²) in [5.41, 5.74) is 1.29. The van der Waals surface area contributed by atoms with Crippen LogP contribution in [-0.2, 0) is 6.54 Å². The molecule has 0 bridgehead atoms. The first-order valence-corrected chi connectivity index (χ1v) is 6.60. The molecule has 1 aliphatic rings. The maximum absolute atomic E-state index is 11.8. The number of rotatable bonds is 2. The predicted octanol–water partition coefficient (Wildman–Crippen LogP) is 0.225. The van der Waals surface area contributed by atoms with E-state index in [2.05, 4.69) is 21.9 Å². The predicted molar refractivity (Wildman–Crippen MR) is 70.9 cm³/mol. The molecule has 0 aliphatic carbocycles. The first-order valence-electron chi connectivity index (χ1n) is 6.60. The van der Waals surface area contributed by atoms with Crippen LogP contribution in [0.3, 0.4) is 0 Å². The van der Waals surface area contributed by atoms with Crippen LogP contribution >= 0.6 is 0 Å².